The van der Waals surface area contributed by atoms with E-state index in [1.807, 2.05) is 0 Å². The van der Waals surface area contributed by atoms with Gasteiger partial charge in [-0.15, -0.1) is 0 Å². The lowest BCUT2D eigenvalue weighted by Crippen LogP contribution is -2.13. The number of fused-ring (bicyclic) bond motifs is 1. The normalized spacial score (nSPS) is 23.2. The third kappa shape index (κ3) is 1.31. The smallest absolute Gasteiger partial charge is 0.122 e. The van der Waals surface area contributed by atoms with Crippen LogP contribution in [0, 0.1) is 0 Å². The minimum Gasteiger partial charge on any atom is -0.490 e. The number of epoxide rings is 1. The fourth-order valence-electron chi connectivity index (χ4n) is 1.69. The van der Waals surface area contributed by atoms with Crippen LogP contribution in [0.1, 0.15) is 11.1 Å². The molecule has 13 heavy (non-hydrogen) atoms. The molecular weight excluding hydrogens is 164 g/mol. The molecular formula is C11H12O2. The minimum atomic E-state index is 0.357. The van der Waals surface area contributed by atoms with Gasteiger partial charge in [-0.1, -0.05) is 12.1 Å². The SMILES string of the molecule is c1cc2c(c(OCC3CO3)c1)CC2. The van der Waals surface area contributed by atoms with E-state index in [1.165, 1.54) is 24.0 Å². The number of aryl methyl sites for hydroxylation is 1. The maximum Gasteiger partial charge on any atom is 0.122 e. The molecule has 0 aromatic heterocycles. The predicted octanol–water partition coefficient (Wildman–Crippen LogP) is 1.56. The van der Waals surface area contributed by atoms with Crippen molar-refractivity contribution in [3.05, 3.63) is 29.3 Å². The molecule has 2 aliphatic rings. The van der Waals surface area contributed by atoms with E-state index in [-0.39, 0.29) is 0 Å². The second kappa shape index (κ2) is 2.74. The van der Waals surface area contributed by atoms with Crippen LogP contribution >= 0.6 is 0 Å². The van der Waals surface area contributed by atoms with Gasteiger partial charge in [0, 0.05) is 0 Å². The first-order valence-electron chi connectivity index (χ1n) is 4.78. The summed E-state index contributed by atoms with van der Waals surface area (Å²) in [6.07, 6.45) is 2.75. The van der Waals surface area contributed by atoms with Crippen LogP contribution in [0.4, 0.5) is 0 Å². The summed E-state index contributed by atoms with van der Waals surface area (Å²) in [5, 5.41) is 0. The first kappa shape index (κ1) is 7.39. The van der Waals surface area contributed by atoms with Crippen molar-refractivity contribution in [1.82, 2.24) is 0 Å². The van der Waals surface area contributed by atoms with Gasteiger partial charge in [0.15, 0.2) is 0 Å². The van der Waals surface area contributed by atoms with Crippen LogP contribution < -0.4 is 4.74 Å². The van der Waals surface area contributed by atoms with Crippen LogP contribution in [0.2, 0.25) is 0 Å². The van der Waals surface area contributed by atoms with E-state index in [0.29, 0.717) is 6.10 Å². The Balaban J connectivity index is 1.75. The average molecular weight is 176 g/mol. The number of ether oxygens (including phenoxy) is 2. The summed E-state index contributed by atoms with van der Waals surface area (Å²) in [7, 11) is 0. The van der Waals surface area contributed by atoms with Crippen LogP contribution in [0.3, 0.4) is 0 Å². The molecule has 1 unspecified atom stereocenters. The fraction of sp³-hybridized carbons (Fsp3) is 0.455. The van der Waals surface area contributed by atoms with Crippen molar-refractivity contribution in [1.29, 1.82) is 0 Å². The van der Waals surface area contributed by atoms with Gasteiger partial charge in [0.1, 0.15) is 18.5 Å². The number of rotatable bonds is 3. The Morgan fingerprint density at radius 1 is 1.38 bits per heavy atom. The molecule has 1 heterocycles. The molecule has 0 bridgehead atoms. The Morgan fingerprint density at radius 2 is 2.31 bits per heavy atom. The zero-order chi connectivity index (χ0) is 8.67. The van der Waals surface area contributed by atoms with Gasteiger partial charge in [0.25, 0.3) is 0 Å². The van der Waals surface area contributed by atoms with Gasteiger partial charge in [-0.25, -0.2) is 0 Å². The van der Waals surface area contributed by atoms with Gasteiger partial charge in [0.05, 0.1) is 6.61 Å². The standard InChI is InChI=1S/C11H12O2/c1-2-8-4-5-10(8)11(3-1)13-7-9-6-12-9/h1-3,9H,4-7H2. The third-order valence-electron chi connectivity index (χ3n) is 2.70. The molecule has 1 fully saturated rings. The van der Waals surface area contributed by atoms with Gasteiger partial charge in [-0.3, -0.25) is 0 Å². The molecule has 0 saturated carbocycles. The molecule has 1 aliphatic heterocycles. The molecule has 0 radical (unpaired) electrons. The lowest BCUT2D eigenvalue weighted by Gasteiger charge is -2.21. The summed E-state index contributed by atoms with van der Waals surface area (Å²) < 4.78 is 10.8. The molecule has 0 N–H and O–H groups in total. The van der Waals surface area contributed by atoms with Gasteiger partial charge in [0.2, 0.25) is 0 Å². The highest BCUT2D eigenvalue weighted by Crippen LogP contribution is 2.32. The second-order valence-electron chi connectivity index (χ2n) is 3.66. The van der Waals surface area contributed by atoms with Gasteiger partial charge < -0.3 is 9.47 Å². The number of hydrogen-bond donors (Lipinski definition) is 0. The Hall–Kier alpha value is -1.02. The summed E-state index contributed by atoms with van der Waals surface area (Å²) in [5.41, 5.74) is 2.86. The summed E-state index contributed by atoms with van der Waals surface area (Å²) in [5.74, 6) is 1.07. The van der Waals surface area contributed by atoms with Crippen molar-refractivity contribution in [3.63, 3.8) is 0 Å². The van der Waals surface area contributed by atoms with Crippen LogP contribution in [0.25, 0.3) is 0 Å². The molecule has 2 heteroatoms. The van der Waals surface area contributed by atoms with Crippen molar-refractivity contribution in [2.24, 2.45) is 0 Å². The van der Waals surface area contributed by atoms with E-state index in [2.05, 4.69) is 18.2 Å². The van der Waals surface area contributed by atoms with Crippen molar-refractivity contribution in [2.75, 3.05) is 13.2 Å². The number of hydrogen-bond acceptors (Lipinski definition) is 2. The molecule has 1 aromatic carbocycles. The first-order valence-corrected chi connectivity index (χ1v) is 4.78. The van der Waals surface area contributed by atoms with E-state index in [0.717, 1.165) is 19.0 Å². The van der Waals surface area contributed by atoms with E-state index in [9.17, 15) is 0 Å². The second-order valence-corrected chi connectivity index (χ2v) is 3.66. The Kier molecular flexibility index (Phi) is 1.56. The largest absolute Gasteiger partial charge is 0.490 e. The Labute approximate surface area is 77.5 Å². The molecule has 1 aromatic rings. The van der Waals surface area contributed by atoms with Crippen LogP contribution in [0.5, 0.6) is 5.75 Å². The summed E-state index contributed by atoms with van der Waals surface area (Å²) in [6.45, 7) is 1.59. The van der Waals surface area contributed by atoms with Crippen molar-refractivity contribution in [3.8, 4) is 5.75 Å². The molecule has 68 valence electrons. The van der Waals surface area contributed by atoms with Gasteiger partial charge >= 0.3 is 0 Å². The first-order chi connectivity index (χ1) is 6.43. The van der Waals surface area contributed by atoms with Crippen molar-refractivity contribution < 1.29 is 9.47 Å². The average Bonchev–Trinajstić information content (AvgIpc) is 2.87. The maximum atomic E-state index is 5.67. The third-order valence-corrected chi connectivity index (χ3v) is 2.70. The van der Waals surface area contributed by atoms with E-state index in [1.54, 1.807) is 0 Å². The lowest BCUT2D eigenvalue weighted by atomic mass is 9.88. The zero-order valence-electron chi connectivity index (χ0n) is 7.45. The molecule has 2 nitrogen and oxygen atoms in total. The highest BCUT2D eigenvalue weighted by atomic mass is 16.6. The molecule has 0 amide bonds. The highest BCUT2D eigenvalue weighted by molar-refractivity contribution is 5.46. The van der Waals surface area contributed by atoms with E-state index < -0.39 is 0 Å². The molecule has 0 spiro atoms. The predicted molar refractivity (Wildman–Crippen MR) is 49.1 cm³/mol. The van der Waals surface area contributed by atoms with Crippen LogP contribution in [0.15, 0.2) is 18.2 Å². The molecule has 1 aliphatic carbocycles. The lowest BCUT2D eigenvalue weighted by molar-refractivity contribution is 0.260. The number of benzene rings is 1. The van der Waals surface area contributed by atoms with Crippen LogP contribution in [-0.2, 0) is 17.6 Å². The fourth-order valence-corrected chi connectivity index (χ4v) is 1.69. The van der Waals surface area contributed by atoms with Gasteiger partial charge in [-0.05, 0) is 30.0 Å². The Morgan fingerprint density at radius 3 is 3.00 bits per heavy atom. The van der Waals surface area contributed by atoms with Gasteiger partial charge in [-0.2, -0.15) is 0 Å². The molecule has 3 rings (SSSR count). The Bertz CT molecular complexity index is 329. The van der Waals surface area contributed by atoms with E-state index in [4.69, 9.17) is 9.47 Å². The summed E-state index contributed by atoms with van der Waals surface area (Å²) in [6, 6.07) is 6.31. The minimum absolute atomic E-state index is 0.357. The summed E-state index contributed by atoms with van der Waals surface area (Å²) >= 11 is 0. The molecule has 1 saturated heterocycles. The van der Waals surface area contributed by atoms with Crippen LogP contribution in [-0.4, -0.2) is 19.3 Å². The molecule has 1 atom stereocenters. The van der Waals surface area contributed by atoms with Crippen molar-refractivity contribution in [2.45, 2.75) is 18.9 Å². The monoisotopic (exact) mass is 176 g/mol. The quantitative estimate of drug-likeness (QED) is 0.652. The highest BCUT2D eigenvalue weighted by Gasteiger charge is 2.24. The zero-order valence-corrected chi connectivity index (χ0v) is 7.45. The maximum absolute atomic E-state index is 5.67. The summed E-state index contributed by atoms with van der Waals surface area (Å²) in [4.78, 5) is 0. The van der Waals surface area contributed by atoms with E-state index >= 15 is 0 Å². The topological polar surface area (TPSA) is 21.8 Å². The van der Waals surface area contributed by atoms with Crippen molar-refractivity contribution >= 4 is 0 Å².